The van der Waals surface area contributed by atoms with Crippen LogP contribution in [-0.2, 0) is 9.59 Å². The number of hydrogen-bond donors (Lipinski definition) is 2. The molecule has 0 bridgehead atoms. The molecule has 1 aromatic carbocycles. The fourth-order valence-corrected chi connectivity index (χ4v) is 3.48. The summed E-state index contributed by atoms with van der Waals surface area (Å²) < 4.78 is 0. The molecule has 1 aliphatic heterocycles. The molecule has 1 saturated heterocycles. The molecule has 2 amide bonds. The van der Waals surface area contributed by atoms with Crippen molar-refractivity contribution in [1.29, 1.82) is 0 Å². The zero-order valence-electron chi connectivity index (χ0n) is 19.0. The van der Waals surface area contributed by atoms with E-state index in [2.05, 4.69) is 15.2 Å². The first-order valence-electron chi connectivity index (χ1n) is 10.7. The van der Waals surface area contributed by atoms with E-state index in [-0.39, 0.29) is 18.2 Å². The van der Waals surface area contributed by atoms with E-state index in [1.807, 2.05) is 32.0 Å². The van der Waals surface area contributed by atoms with Crippen LogP contribution in [-0.4, -0.2) is 59.0 Å². The van der Waals surface area contributed by atoms with E-state index in [0.29, 0.717) is 31.7 Å². The van der Waals surface area contributed by atoms with Gasteiger partial charge in [0.2, 0.25) is 5.91 Å². The summed E-state index contributed by atoms with van der Waals surface area (Å²) in [4.78, 5) is 44.4. The van der Waals surface area contributed by atoms with Gasteiger partial charge in [0.15, 0.2) is 0 Å². The fraction of sp³-hybridized carbons (Fsp3) is 0.417. The van der Waals surface area contributed by atoms with Crippen molar-refractivity contribution in [1.82, 2.24) is 9.88 Å². The van der Waals surface area contributed by atoms with Crippen molar-refractivity contribution in [2.45, 2.75) is 34.1 Å². The van der Waals surface area contributed by atoms with Gasteiger partial charge in [-0.05, 0) is 63.1 Å². The quantitative estimate of drug-likeness (QED) is 0.718. The van der Waals surface area contributed by atoms with Crippen molar-refractivity contribution in [2.75, 3.05) is 36.4 Å². The predicted molar refractivity (Wildman–Crippen MR) is 123 cm³/mol. The molecule has 32 heavy (non-hydrogen) atoms. The van der Waals surface area contributed by atoms with Crippen LogP contribution in [0.15, 0.2) is 36.5 Å². The van der Waals surface area contributed by atoms with Gasteiger partial charge >= 0.3 is 5.97 Å². The molecule has 2 N–H and O–H groups in total. The number of anilines is 2. The number of aromatic nitrogens is 1. The number of pyridine rings is 1. The molecule has 1 aliphatic rings. The van der Waals surface area contributed by atoms with Gasteiger partial charge in [-0.1, -0.05) is 6.07 Å². The van der Waals surface area contributed by atoms with E-state index in [4.69, 9.17) is 0 Å². The van der Waals surface area contributed by atoms with E-state index in [1.165, 1.54) is 5.56 Å². The highest BCUT2D eigenvalue weighted by Gasteiger charge is 2.33. The maximum atomic E-state index is 12.5. The highest BCUT2D eigenvalue weighted by atomic mass is 16.4. The van der Waals surface area contributed by atoms with Crippen LogP contribution < -0.4 is 10.2 Å². The molecule has 0 atom stereocenters. The Bertz CT molecular complexity index is 1010. The van der Waals surface area contributed by atoms with Gasteiger partial charge < -0.3 is 20.2 Å². The number of piperazine rings is 1. The predicted octanol–water partition coefficient (Wildman–Crippen LogP) is 3.10. The van der Waals surface area contributed by atoms with Crippen molar-refractivity contribution in [2.24, 2.45) is 5.41 Å². The second-order valence-corrected chi connectivity index (χ2v) is 8.89. The minimum atomic E-state index is -1.08. The second kappa shape index (κ2) is 9.38. The molecule has 8 nitrogen and oxygen atoms in total. The first-order valence-corrected chi connectivity index (χ1v) is 10.7. The van der Waals surface area contributed by atoms with E-state index >= 15 is 0 Å². The third kappa shape index (κ3) is 5.43. The largest absolute Gasteiger partial charge is 0.481 e. The molecular weight excluding hydrogens is 408 g/mol. The molecule has 0 spiro atoms. The van der Waals surface area contributed by atoms with Gasteiger partial charge in [-0.15, -0.1) is 0 Å². The number of carbonyl (C=O) groups excluding carboxylic acids is 2. The molecular formula is C24H30N4O4. The lowest BCUT2D eigenvalue weighted by Gasteiger charge is -2.36. The summed E-state index contributed by atoms with van der Waals surface area (Å²) in [5, 5.41) is 12.1. The van der Waals surface area contributed by atoms with Gasteiger partial charge in [0.05, 0.1) is 11.0 Å². The van der Waals surface area contributed by atoms with E-state index < -0.39 is 11.4 Å². The third-order valence-corrected chi connectivity index (χ3v) is 5.90. The van der Waals surface area contributed by atoms with Crippen molar-refractivity contribution in [3.63, 3.8) is 0 Å². The summed E-state index contributed by atoms with van der Waals surface area (Å²) in [5.74, 6) is -0.604. The molecule has 0 saturated carbocycles. The Hall–Kier alpha value is -3.42. The minimum absolute atomic E-state index is 0.0229. The summed E-state index contributed by atoms with van der Waals surface area (Å²) in [5.41, 5.74) is 2.41. The van der Waals surface area contributed by atoms with Crippen LogP contribution in [0.1, 0.15) is 41.8 Å². The zero-order valence-corrected chi connectivity index (χ0v) is 19.0. The number of rotatable bonds is 6. The molecule has 0 radical (unpaired) electrons. The van der Waals surface area contributed by atoms with Crippen LogP contribution in [0.5, 0.6) is 0 Å². The van der Waals surface area contributed by atoms with Crippen molar-refractivity contribution < 1.29 is 19.5 Å². The monoisotopic (exact) mass is 438 g/mol. The van der Waals surface area contributed by atoms with Gasteiger partial charge in [-0.25, -0.2) is 4.98 Å². The Morgan fingerprint density at radius 3 is 2.28 bits per heavy atom. The minimum Gasteiger partial charge on any atom is -0.481 e. The number of hydrogen-bond acceptors (Lipinski definition) is 5. The van der Waals surface area contributed by atoms with Crippen LogP contribution in [0.3, 0.4) is 0 Å². The van der Waals surface area contributed by atoms with Crippen LogP contribution in [0.25, 0.3) is 0 Å². The SMILES string of the molecule is Cc1ccc(NC(=O)c2ccc(N3CCN(C(=O)CC(C)(C)C(=O)O)CC3)nc2)cc1C. The Labute approximate surface area is 188 Å². The van der Waals surface area contributed by atoms with Gasteiger partial charge in [-0.2, -0.15) is 0 Å². The van der Waals surface area contributed by atoms with Crippen LogP contribution in [0.4, 0.5) is 11.5 Å². The average molecular weight is 439 g/mol. The molecule has 2 aromatic rings. The highest BCUT2D eigenvalue weighted by Crippen LogP contribution is 2.23. The molecule has 170 valence electrons. The number of carboxylic acid groups (broad SMARTS) is 1. The summed E-state index contributed by atoms with van der Waals surface area (Å²) in [6, 6.07) is 9.33. The zero-order chi connectivity index (χ0) is 23.5. The maximum absolute atomic E-state index is 12.5. The highest BCUT2D eigenvalue weighted by molar-refractivity contribution is 6.04. The number of nitrogens with one attached hydrogen (secondary N) is 1. The normalized spacial score (nSPS) is 14.2. The van der Waals surface area contributed by atoms with E-state index in [1.54, 1.807) is 37.1 Å². The lowest BCUT2D eigenvalue weighted by atomic mass is 9.89. The lowest BCUT2D eigenvalue weighted by Crippen LogP contribution is -2.50. The number of aliphatic carboxylic acids is 1. The van der Waals surface area contributed by atoms with Crippen molar-refractivity contribution in [3.8, 4) is 0 Å². The van der Waals surface area contributed by atoms with Crippen LogP contribution >= 0.6 is 0 Å². The molecule has 1 fully saturated rings. The first-order chi connectivity index (χ1) is 15.1. The summed E-state index contributed by atoms with van der Waals surface area (Å²) in [6.07, 6.45) is 1.53. The number of amides is 2. The Balaban J connectivity index is 1.55. The molecule has 3 rings (SSSR count). The lowest BCUT2D eigenvalue weighted by molar-refractivity contribution is -0.151. The number of benzene rings is 1. The standard InChI is InChI=1S/C24H30N4O4/c1-16-5-7-19(13-17(16)2)26-22(30)18-6-8-20(25-15-18)27-9-11-28(12-10-27)21(29)14-24(3,4)23(31)32/h5-8,13,15H,9-12,14H2,1-4H3,(H,26,30)(H,31,32). The van der Waals surface area contributed by atoms with E-state index in [0.717, 1.165) is 17.1 Å². The second-order valence-electron chi connectivity index (χ2n) is 8.89. The summed E-state index contributed by atoms with van der Waals surface area (Å²) >= 11 is 0. The van der Waals surface area contributed by atoms with Crippen LogP contribution in [0.2, 0.25) is 0 Å². The summed E-state index contributed by atoms with van der Waals surface area (Å²) in [6.45, 7) is 9.35. The first kappa shape index (κ1) is 23.2. The molecule has 2 heterocycles. The molecule has 0 aliphatic carbocycles. The van der Waals surface area contributed by atoms with Gasteiger partial charge in [0.25, 0.3) is 5.91 Å². The van der Waals surface area contributed by atoms with Gasteiger partial charge in [0.1, 0.15) is 5.82 Å². The number of carbonyl (C=O) groups is 3. The molecule has 8 heteroatoms. The number of nitrogens with zero attached hydrogens (tertiary/aromatic N) is 3. The van der Waals surface area contributed by atoms with Crippen LogP contribution in [0, 0.1) is 19.3 Å². The molecule has 0 unspecified atom stereocenters. The molecule has 1 aromatic heterocycles. The Morgan fingerprint density at radius 2 is 1.72 bits per heavy atom. The average Bonchev–Trinajstić information content (AvgIpc) is 2.76. The Morgan fingerprint density at radius 1 is 1.03 bits per heavy atom. The van der Waals surface area contributed by atoms with Gasteiger partial charge in [0, 0.05) is 44.5 Å². The van der Waals surface area contributed by atoms with E-state index in [9.17, 15) is 19.5 Å². The third-order valence-electron chi connectivity index (χ3n) is 5.90. The van der Waals surface area contributed by atoms with Crippen molar-refractivity contribution >= 4 is 29.3 Å². The smallest absolute Gasteiger partial charge is 0.309 e. The maximum Gasteiger partial charge on any atom is 0.309 e. The number of carboxylic acids is 1. The number of aryl methyl sites for hydroxylation is 2. The Kier molecular flexibility index (Phi) is 6.81. The van der Waals surface area contributed by atoms with Crippen molar-refractivity contribution in [3.05, 3.63) is 53.2 Å². The topological polar surface area (TPSA) is 103 Å². The summed E-state index contributed by atoms with van der Waals surface area (Å²) in [7, 11) is 0. The van der Waals surface area contributed by atoms with Gasteiger partial charge in [-0.3, -0.25) is 14.4 Å². The fourth-order valence-electron chi connectivity index (χ4n) is 3.48.